The SMILES string of the molecule is NC1([PH](=O)O)Cc2ccccc2C1. The van der Waals surface area contributed by atoms with Crippen molar-refractivity contribution in [3.05, 3.63) is 35.4 Å². The van der Waals surface area contributed by atoms with E-state index in [-0.39, 0.29) is 0 Å². The number of hydrogen-bond donors (Lipinski definition) is 2. The third-order valence-corrected chi connectivity index (χ3v) is 3.76. The van der Waals surface area contributed by atoms with Crippen LogP contribution in [0.25, 0.3) is 0 Å². The summed E-state index contributed by atoms with van der Waals surface area (Å²) in [4.78, 5) is 9.10. The van der Waals surface area contributed by atoms with Crippen molar-refractivity contribution in [3.63, 3.8) is 0 Å². The fraction of sp³-hybridized carbons (Fsp3) is 0.333. The van der Waals surface area contributed by atoms with E-state index in [0.717, 1.165) is 11.1 Å². The van der Waals surface area contributed by atoms with Crippen molar-refractivity contribution in [1.29, 1.82) is 0 Å². The van der Waals surface area contributed by atoms with Crippen LogP contribution in [0.1, 0.15) is 11.1 Å². The van der Waals surface area contributed by atoms with E-state index in [9.17, 15) is 4.57 Å². The van der Waals surface area contributed by atoms with Gasteiger partial charge in [-0.25, -0.2) is 0 Å². The number of benzene rings is 1. The molecule has 0 aromatic heterocycles. The molecule has 1 unspecified atom stereocenters. The van der Waals surface area contributed by atoms with Gasteiger partial charge in [0.1, 0.15) is 0 Å². The molecule has 0 saturated heterocycles. The molecule has 1 aromatic carbocycles. The number of nitrogens with two attached hydrogens (primary N) is 1. The van der Waals surface area contributed by atoms with Gasteiger partial charge in [-0.15, -0.1) is 0 Å². The van der Waals surface area contributed by atoms with Gasteiger partial charge in [-0.3, -0.25) is 4.57 Å². The molecule has 0 bridgehead atoms. The van der Waals surface area contributed by atoms with Gasteiger partial charge >= 0.3 is 0 Å². The molecule has 0 saturated carbocycles. The standard InChI is InChI=1S/C9H12NO2P/c10-9(13(11)12)5-7-3-1-2-4-8(7)6-9/h1-4,13H,5-6,10H2,(H,11,12). The molecule has 70 valence electrons. The van der Waals surface area contributed by atoms with Crippen molar-refractivity contribution >= 4 is 8.03 Å². The minimum atomic E-state index is -2.65. The molecule has 1 aliphatic rings. The highest BCUT2D eigenvalue weighted by molar-refractivity contribution is 7.40. The molecule has 0 fully saturated rings. The van der Waals surface area contributed by atoms with E-state index in [4.69, 9.17) is 10.6 Å². The smallest absolute Gasteiger partial charge is 0.209 e. The molecule has 0 amide bonds. The Morgan fingerprint density at radius 1 is 1.31 bits per heavy atom. The van der Waals surface area contributed by atoms with Crippen LogP contribution in [0, 0.1) is 0 Å². The first kappa shape index (κ1) is 8.95. The second kappa shape index (κ2) is 2.95. The summed E-state index contributed by atoms with van der Waals surface area (Å²) in [7, 11) is -2.65. The number of hydrogen-bond acceptors (Lipinski definition) is 2. The molecular weight excluding hydrogens is 185 g/mol. The minimum Gasteiger partial charge on any atom is -0.345 e. The highest BCUT2D eigenvalue weighted by Crippen LogP contribution is 2.42. The van der Waals surface area contributed by atoms with Crippen molar-refractivity contribution in [3.8, 4) is 0 Å². The lowest BCUT2D eigenvalue weighted by molar-refractivity contribution is 0.451. The van der Waals surface area contributed by atoms with Crippen LogP contribution < -0.4 is 5.73 Å². The maximum absolute atomic E-state index is 11.1. The highest BCUT2D eigenvalue weighted by atomic mass is 31.1. The van der Waals surface area contributed by atoms with Crippen molar-refractivity contribution in [2.24, 2.45) is 5.73 Å². The Bertz CT molecular complexity index is 339. The van der Waals surface area contributed by atoms with Crippen LogP contribution in [-0.2, 0) is 17.4 Å². The van der Waals surface area contributed by atoms with Crippen LogP contribution in [0.3, 0.4) is 0 Å². The summed E-state index contributed by atoms with van der Waals surface area (Å²) < 4.78 is 11.1. The van der Waals surface area contributed by atoms with E-state index in [0.29, 0.717) is 12.8 Å². The molecule has 3 nitrogen and oxygen atoms in total. The van der Waals surface area contributed by atoms with Crippen molar-refractivity contribution in [2.45, 2.75) is 18.1 Å². The monoisotopic (exact) mass is 197 g/mol. The first-order valence-corrected chi connectivity index (χ1v) is 5.56. The van der Waals surface area contributed by atoms with Crippen molar-refractivity contribution in [2.75, 3.05) is 0 Å². The Hall–Kier alpha value is -0.630. The molecule has 13 heavy (non-hydrogen) atoms. The second-order valence-electron chi connectivity index (χ2n) is 3.58. The summed E-state index contributed by atoms with van der Waals surface area (Å²) in [6.45, 7) is 0. The first-order valence-electron chi connectivity index (χ1n) is 4.21. The van der Waals surface area contributed by atoms with Gasteiger partial charge in [-0.2, -0.15) is 0 Å². The Kier molecular flexibility index (Phi) is 2.03. The fourth-order valence-corrected chi connectivity index (χ4v) is 2.48. The maximum atomic E-state index is 11.1. The lowest BCUT2D eigenvalue weighted by atomic mass is 10.1. The Morgan fingerprint density at radius 2 is 1.77 bits per heavy atom. The van der Waals surface area contributed by atoms with E-state index in [1.807, 2.05) is 24.3 Å². The molecule has 1 aromatic rings. The lowest BCUT2D eigenvalue weighted by Gasteiger charge is -2.18. The summed E-state index contributed by atoms with van der Waals surface area (Å²) in [6, 6.07) is 7.79. The molecule has 3 N–H and O–H groups in total. The van der Waals surface area contributed by atoms with Crippen LogP contribution in [0.15, 0.2) is 24.3 Å². The third-order valence-electron chi connectivity index (χ3n) is 2.56. The van der Waals surface area contributed by atoms with Crippen LogP contribution in [0.2, 0.25) is 0 Å². The summed E-state index contributed by atoms with van der Waals surface area (Å²) in [6.07, 6.45) is 1.05. The zero-order valence-corrected chi connectivity index (χ0v) is 8.16. The predicted molar refractivity (Wildman–Crippen MR) is 52.0 cm³/mol. The summed E-state index contributed by atoms with van der Waals surface area (Å²) in [5.41, 5.74) is 8.05. The quantitative estimate of drug-likeness (QED) is 0.657. The molecule has 4 heteroatoms. The number of rotatable bonds is 1. The van der Waals surface area contributed by atoms with Gasteiger partial charge in [0.25, 0.3) is 0 Å². The summed E-state index contributed by atoms with van der Waals surface area (Å²) in [5.74, 6) is 0. The third kappa shape index (κ3) is 1.44. The largest absolute Gasteiger partial charge is 0.345 e. The maximum Gasteiger partial charge on any atom is 0.209 e. The zero-order chi connectivity index (χ0) is 9.47. The Balaban J connectivity index is 2.37. The summed E-state index contributed by atoms with van der Waals surface area (Å²) >= 11 is 0. The molecule has 0 spiro atoms. The molecule has 0 aliphatic heterocycles. The number of fused-ring (bicyclic) bond motifs is 1. The molecule has 1 atom stereocenters. The van der Waals surface area contributed by atoms with E-state index in [2.05, 4.69) is 0 Å². The summed E-state index contributed by atoms with van der Waals surface area (Å²) in [5, 5.41) is -0.894. The Labute approximate surface area is 77.4 Å². The topological polar surface area (TPSA) is 63.3 Å². The normalized spacial score (nSPS) is 21.1. The minimum absolute atomic E-state index is 0.525. The fourth-order valence-electron chi connectivity index (χ4n) is 1.80. The van der Waals surface area contributed by atoms with Gasteiger partial charge in [0.2, 0.25) is 8.03 Å². The van der Waals surface area contributed by atoms with Crippen LogP contribution >= 0.6 is 8.03 Å². The van der Waals surface area contributed by atoms with Crippen LogP contribution in [0.5, 0.6) is 0 Å². The average Bonchev–Trinajstić information content (AvgIpc) is 2.42. The lowest BCUT2D eigenvalue weighted by Crippen LogP contribution is -2.36. The average molecular weight is 197 g/mol. The van der Waals surface area contributed by atoms with E-state index >= 15 is 0 Å². The van der Waals surface area contributed by atoms with E-state index < -0.39 is 13.3 Å². The molecule has 0 radical (unpaired) electrons. The molecule has 2 rings (SSSR count). The van der Waals surface area contributed by atoms with Gasteiger partial charge in [0.05, 0.1) is 5.28 Å². The second-order valence-corrected chi connectivity index (χ2v) is 5.19. The zero-order valence-electron chi connectivity index (χ0n) is 7.16. The van der Waals surface area contributed by atoms with Crippen LogP contribution in [-0.4, -0.2) is 10.2 Å². The first-order chi connectivity index (χ1) is 6.12. The van der Waals surface area contributed by atoms with Gasteiger partial charge in [0, 0.05) is 0 Å². The predicted octanol–water partition coefficient (Wildman–Crippen LogP) is 0.907. The van der Waals surface area contributed by atoms with E-state index in [1.165, 1.54) is 0 Å². The van der Waals surface area contributed by atoms with Gasteiger partial charge < -0.3 is 10.6 Å². The Morgan fingerprint density at radius 3 is 2.15 bits per heavy atom. The molecule has 1 aliphatic carbocycles. The van der Waals surface area contributed by atoms with Crippen LogP contribution in [0.4, 0.5) is 0 Å². The van der Waals surface area contributed by atoms with Gasteiger partial charge in [-0.05, 0) is 24.0 Å². The van der Waals surface area contributed by atoms with Gasteiger partial charge in [-0.1, -0.05) is 24.3 Å². The molecular formula is C9H12NO2P. The van der Waals surface area contributed by atoms with Crippen molar-refractivity contribution in [1.82, 2.24) is 0 Å². The highest BCUT2D eigenvalue weighted by Gasteiger charge is 2.37. The van der Waals surface area contributed by atoms with Crippen molar-refractivity contribution < 1.29 is 9.46 Å². The van der Waals surface area contributed by atoms with Gasteiger partial charge in [0.15, 0.2) is 0 Å². The van der Waals surface area contributed by atoms with E-state index in [1.54, 1.807) is 0 Å². The molecule has 0 heterocycles.